The summed E-state index contributed by atoms with van der Waals surface area (Å²) in [4.78, 5) is 12.4. The number of amides is 1. The summed E-state index contributed by atoms with van der Waals surface area (Å²) in [5, 5.41) is 2.78. The second-order valence-electron chi connectivity index (χ2n) is 6.29. The van der Waals surface area contributed by atoms with Crippen LogP contribution < -0.4 is 10.1 Å². The fourth-order valence-electron chi connectivity index (χ4n) is 2.40. The van der Waals surface area contributed by atoms with E-state index in [2.05, 4.69) is 17.2 Å². The average molecular weight is 389 g/mol. The normalized spacial score (nSPS) is 10.8. The molecule has 6 heteroatoms. The van der Waals surface area contributed by atoms with Crippen molar-refractivity contribution in [3.8, 4) is 17.6 Å². The number of hydrogen-bond donors (Lipinski definition) is 1. The number of benzene rings is 2. The van der Waals surface area contributed by atoms with E-state index in [9.17, 15) is 18.0 Å². The average Bonchev–Trinajstić information content (AvgIpc) is 2.66. The lowest BCUT2D eigenvalue weighted by Crippen LogP contribution is -2.20. The van der Waals surface area contributed by atoms with Crippen LogP contribution in [-0.4, -0.2) is 18.7 Å². The van der Waals surface area contributed by atoms with E-state index in [0.29, 0.717) is 28.8 Å². The highest BCUT2D eigenvalue weighted by Crippen LogP contribution is 2.28. The molecule has 0 saturated carbocycles. The van der Waals surface area contributed by atoms with Gasteiger partial charge < -0.3 is 10.1 Å². The van der Waals surface area contributed by atoms with Gasteiger partial charge in [0.25, 0.3) is 5.91 Å². The molecule has 28 heavy (non-hydrogen) atoms. The molecule has 0 bridgehead atoms. The molecule has 1 amide bonds. The van der Waals surface area contributed by atoms with Gasteiger partial charge in [0.05, 0.1) is 5.56 Å². The molecule has 0 spiro atoms. The Bertz CT molecular complexity index is 865. The molecule has 0 aliphatic heterocycles. The third-order valence-corrected chi connectivity index (χ3v) is 3.88. The Hall–Kier alpha value is -2.94. The van der Waals surface area contributed by atoms with Crippen LogP contribution in [0.1, 0.15) is 47.7 Å². The zero-order valence-electron chi connectivity index (χ0n) is 15.8. The summed E-state index contributed by atoms with van der Waals surface area (Å²) in [5.41, 5.74) is 1.86. The highest BCUT2D eigenvalue weighted by atomic mass is 19.4. The fourth-order valence-corrected chi connectivity index (χ4v) is 2.40. The summed E-state index contributed by atoms with van der Waals surface area (Å²) < 4.78 is 42.6. The molecule has 0 saturated heterocycles. The van der Waals surface area contributed by atoms with Crippen molar-refractivity contribution in [3.05, 3.63) is 59.2 Å². The molecule has 0 atom stereocenters. The van der Waals surface area contributed by atoms with Gasteiger partial charge >= 0.3 is 6.18 Å². The molecule has 0 radical (unpaired) electrons. The van der Waals surface area contributed by atoms with Crippen LogP contribution in [0.5, 0.6) is 5.75 Å². The van der Waals surface area contributed by atoms with Crippen LogP contribution in [-0.2, 0) is 0 Å². The third-order valence-electron chi connectivity index (χ3n) is 3.88. The zero-order valence-corrected chi connectivity index (χ0v) is 15.8. The van der Waals surface area contributed by atoms with E-state index < -0.39 is 12.8 Å². The van der Waals surface area contributed by atoms with Gasteiger partial charge in [-0.2, -0.15) is 13.2 Å². The Morgan fingerprint density at radius 3 is 2.54 bits per heavy atom. The zero-order chi connectivity index (χ0) is 20.6. The number of carbonyl (C=O) groups is 1. The standard InChI is InChI=1S/C22H22F3NO2/c1-3-4-5-7-12-18-14-19(26-21(27)17-10-8-6-9-11-17)16(2)13-20(18)28-15-22(23,24)25/h6,8-11,13-14H,3-5,15H2,1-2H3,(H,26,27). The number of aryl methyl sites for hydroxylation is 1. The first-order chi connectivity index (χ1) is 13.3. The minimum atomic E-state index is -4.44. The van der Waals surface area contributed by atoms with E-state index in [1.165, 1.54) is 6.07 Å². The smallest absolute Gasteiger partial charge is 0.422 e. The van der Waals surface area contributed by atoms with Crippen LogP contribution >= 0.6 is 0 Å². The predicted molar refractivity (Wildman–Crippen MR) is 104 cm³/mol. The third kappa shape index (κ3) is 6.66. The van der Waals surface area contributed by atoms with Crippen molar-refractivity contribution in [2.24, 2.45) is 0 Å². The van der Waals surface area contributed by atoms with Crippen LogP contribution in [0.4, 0.5) is 18.9 Å². The van der Waals surface area contributed by atoms with Crippen molar-refractivity contribution in [1.82, 2.24) is 0 Å². The molecule has 0 aliphatic carbocycles. The number of hydrogen-bond acceptors (Lipinski definition) is 2. The van der Waals surface area contributed by atoms with Crippen molar-refractivity contribution >= 4 is 11.6 Å². The van der Waals surface area contributed by atoms with Gasteiger partial charge in [-0.1, -0.05) is 43.4 Å². The van der Waals surface area contributed by atoms with Crippen molar-refractivity contribution < 1.29 is 22.7 Å². The van der Waals surface area contributed by atoms with E-state index in [0.717, 1.165) is 12.8 Å². The minimum absolute atomic E-state index is 0.0523. The summed E-state index contributed by atoms with van der Waals surface area (Å²) in [6.07, 6.45) is -1.94. The Labute approximate surface area is 162 Å². The molecule has 148 valence electrons. The van der Waals surface area contributed by atoms with Gasteiger partial charge in [0.2, 0.25) is 0 Å². The number of rotatable bonds is 6. The molecule has 3 nitrogen and oxygen atoms in total. The van der Waals surface area contributed by atoms with E-state index in [1.54, 1.807) is 43.3 Å². The number of anilines is 1. The Morgan fingerprint density at radius 2 is 1.89 bits per heavy atom. The largest absolute Gasteiger partial charge is 0.483 e. The summed E-state index contributed by atoms with van der Waals surface area (Å²) in [7, 11) is 0. The Morgan fingerprint density at radius 1 is 1.18 bits per heavy atom. The van der Waals surface area contributed by atoms with Crippen molar-refractivity contribution in [1.29, 1.82) is 0 Å². The van der Waals surface area contributed by atoms with Crippen molar-refractivity contribution in [3.63, 3.8) is 0 Å². The molecule has 2 rings (SSSR count). The van der Waals surface area contributed by atoms with Crippen LogP contribution in [0.15, 0.2) is 42.5 Å². The van der Waals surface area contributed by atoms with E-state index in [4.69, 9.17) is 4.74 Å². The first-order valence-corrected chi connectivity index (χ1v) is 8.99. The highest BCUT2D eigenvalue weighted by Gasteiger charge is 2.29. The summed E-state index contributed by atoms with van der Waals surface area (Å²) >= 11 is 0. The number of ether oxygens (including phenoxy) is 1. The lowest BCUT2D eigenvalue weighted by Gasteiger charge is -2.15. The van der Waals surface area contributed by atoms with Crippen LogP contribution in [0, 0.1) is 18.8 Å². The second kappa shape index (κ2) is 9.84. The van der Waals surface area contributed by atoms with Gasteiger partial charge in [-0.05, 0) is 43.2 Å². The minimum Gasteiger partial charge on any atom is -0.483 e. The number of alkyl halides is 3. The summed E-state index contributed by atoms with van der Waals surface area (Å²) in [5.74, 6) is 5.56. The lowest BCUT2D eigenvalue weighted by atomic mass is 10.1. The van der Waals surface area contributed by atoms with Gasteiger partial charge in [0.15, 0.2) is 6.61 Å². The molecular weight excluding hydrogens is 367 g/mol. The molecule has 0 unspecified atom stereocenters. The number of nitrogens with one attached hydrogen (secondary N) is 1. The molecule has 2 aromatic rings. The molecule has 2 aromatic carbocycles. The lowest BCUT2D eigenvalue weighted by molar-refractivity contribution is -0.153. The first-order valence-electron chi connectivity index (χ1n) is 8.99. The topological polar surface area (TPSA) is 38.3 Å². The summed E-state index contributed by atoms with van der Waals surface area (Å²) in [6, 6.07) is 11.7. The van der Waals surface area contributed by atoms with Gasteiger partial charge in [-0.15, -0.1) is 0 Å². The van der Waals surface area contributed by atoms with E-state index >= 15 is 0 Å². The Balaban J connectivity index is 2.30. The monoisotopic (exact) mass is 389 g/mol. The molecular formula is C22H22F3NO2. The maximum Gasteiger partial charge on any atom is 0.422 e. The van der Waals surface area contributed by atoms with Gasteiger partial charge in [0.1, 0.15) is 5.75 Å². The molecule has 0 heterocycles. The SMILES string of the molecule is CCCCC#Cc1cc(NC(=O)c2ccccc2)c(C)cc1OCC(F)(F)F. The van der Waals surface area contributed by atoms with E-state index in [-0.39, 0.29) is 11.7 Å². The molecule has 0 fully saturated rings. The maximum atomic E-state index is 12.5. The highest BCUT2D eigenvalue weighted by molar-refractivity contribution is 6.04. The van der Waals surface area contributed by atoms with Crippen LogP contribution in [0.3, 0.4) is 0 Å². The van der Waals surface area contributed by atoms with Crippen molar-refractivity contribution in [2.75, 3.05) is 11.9 Å². The molecule has 0 aromatic heterocycles. The molecule has 0 aliphatic rings. The van der Waals surface area contributed by atoms with Gasteiger partial charge in [-0.25, -0.2) is 0 Å². The number of carbonyl (C=O) groups excluding carboxylic acids is 1. The second-order valence-corrected chi connectivity index (χ2v) is 6.29. The first kappa shape index (κ1) is 21.4. The quantitative estimate of drug-likeness (QED) is 0.506. The number of unbranched alkanes of at least 4 members (excludes halogenated alkanes) is 2. The fraction of sp³-hybridized carbons (Fsp3) is 0.318. The molecule has 1 N–H and O–H groups in total. The van der Waals surface area contributed by atoms with E-state index in [1.807, 2.05) is 6.92 Å². The maximum absolute atomic E-state index is 12.5. The van der Waals surface area contributed by atoms with Crippen LogP contribution in [0.25, 0.3) is 0 Å². The van der Waals surface area contributed by atoms with Crippen molar-refractivity contribution in [2.45, 2.75) is 39.3 Å². The summed E-state index contributed by atoms with van der Waals surface area (Å²) in [6.45, 7) is 2.32. The predicted octanol–water partition coefficient (Wildman–Crippen LogP) is 5.73. The Kier molecular flexibility index (Phi) is 7.51. The van der Waals surface area contributed by atoms with Gasteiger partial charge in [-0.3, -0.25) is 4.79 Å². The van der Waals surface area contributed by atoms with Gasteiger partial charge in [0, 0.05) is 17.7 Å². The number of halogens is 3. The van der Waals surface area contributed by atoms with Crippen LogP contribution in [0.2, 0.25) is 0 Å².